The molecule has 0 N–H and O–H groups in total. The lowest BCUT2D eigenvalue weighted by atomic mass is 9.94. The molecule has 4 nitrogen and oxygen atoms in total. The molecular formula is C25H25NO3S. The first kappa shape index (κ1) is 19.4. The molecule has 0 radical (unpaired) electrons. The fourth-order valence-corrected chi connectivity index (χ4v) is 5.38. The van der Waals surface area contributed by atoms with E-state index in [9.17, 15) is 4.79 Å². The van der Waals surface area contributed by atoms with Crippen LogP contribution < -0.4 is 0 Å². The number of hydrogen-bond acceptors (Lipinski definition) is 5. The summed E-state index contributed by atoms with van der Waals surface area (Å²) in [7, 11) is 0. The van der Waals surface area contributed by atoms with Gasteiger partial charge in [0.25, 0.3) is 0 Å². The summed E-state index contributed by atoms with van der Waals surface area (Å²) in [6.07, 6.45) is 8.22. The van der Waals surface area contributed by atoms with Gasteiger partial charge < -0.3 is 9.47 Å². The molecule has 1 fully saturated rings. The standard InChI is InChI=1S/C25H25NO3S/c1-30-22-10-6-5-9-19(22)24-26-21(23(29-24)17-7-3-2-4-8-17)15-28-25(27)20-14-16-11-12-18(20)13-16/h2-12,16,18,20-21,23H,13-15H2,1H3/t16-,18+,20?,21-,23-/m0/s1. The molecule has 1 heterocycles. The summed E-state index contributed by atoms with van der Waals surface area (Å²) in [6.45, 7) is 0.237. The largest absolute Gasteiger partial charge is 0.467 e. The molecule has 2 aromatic rings. The van der Waals surface area contributed by atoms with E-state index in [4.69, 9.17) is 14.5 Å². The summed E-state index contributed by atoms with van der Waals surface area (Å²) >= 11 is 1.67. The molecule has 5 atom stereocenters. The highest BCUT2D eigenvalue weighted by Crippen LogP contribution is 2.44. The van der Waals surface area contributed by atoms with E-state index < -0.39 is 0 Å². The molecule has 3 aliphatic rings. The van der Waals surface area contributed by atoms with Crippen LogP contribution in [0, 0.1) is 17.8 Å². The zero-order chi connectivity index (χ0) is 20.5. The van der Waals surface area contributed by atoms with Crippen molar-refractivity contribution < 1.29 is 14.3 Å². The van der Waals surface area contributed by atoms with Gasteiger partial charge in [-0.15, -0.1) is 11.8 Å². The second kappa shape index (κ2) is 8.31. The second-order valence-electron chi connectivity index (χ2n) is 8.17. The first-order valence-corrected chi connectivity index (χ1v) is 11.7. The monoisotopic (exact) mass is 419 g/mol. The molecule has 0 saturated heterocycles. The highest BCUT2D eigenvalue weighted by molar-refractivity contribution is 7.98. The molecule has 2 bridgehead atoms. The van der Waals surface area contributed by atoms with Crippen molar-refractivity contribution >= 4 is 23.6 Å². The molecule has 1 unspecified atom stereocenters. The molecule has 0 aromatic heterocycles. The van der Waals surface area contributed by atoms with E-state index in [0.717, 1.165) is 28.9 Å². The van der Waals surface area contributed by atoms with Gasteiger partial charge in [0, 0.05) is 10.5 Å². The summed E-state index contributed by atoms with van der Waals surface area (Å²) in [5.74, 6) is 1.43. The number of nitrogens with zero attached hydrogens (tertiary/aromatic N) is 1. The summed E-state index contributed by atoms with van der Waals surface area (Å²) in [5, 5.41) is 0. The minimum absolute atomic E-state index is 0.00170. The van der Waals surface area contributed by atoms with Crippen LogP contribution in [0.25, 0.3) is 0 Å². The van der Waals surface area contributed by atoms with Gasteiger partial charge in [-0.25, -0.2) is 4.99 Å². The van der Waals surface area contributed by atoms with E-state index in [0.29, 0.717) is 17.7 Å². The number of benzene rings is 2. The van der Waals surface area contributed by atoms with Gasteiger partial charge >= 0.3 is 5.97 Å². The minimum Gasteiger partial charge on any atom is -0.467 e. The van der Waals surface area contributed by atoms with Crippen molar-refractivity contribution in [3.05, 3.63) is 77.9 Å². The highest BCUT2D eigenvalue weighted by Gasteiger charge is 2.42. The van der Waals surface area contributed by atoms with Gasteiger partial charge in [0.1, 0.15) is 12.6 Å². The van der Waals surface area contributed by atoms with Crippen molar-refractivity contribution in [3.8, 4) is 0 Å². The van der Waals surface area contributed by atoms with Crippen molar-refractivity contribution in [2.24, 2.45) is 22.7 Å². The third kappa shape index (κ3) is 3.67. The SMILES string of the molecule is CSc1ccccc1C1=N[C@@H](COC(=O)C2C[C@H]3C=C[C@@H]2C3)[C@H](c2ccccc2)O1. The van der Waals surface area contributed by atoms with Crippen molar-refractivity contribution in [3.63, 3.8) is 0 Å². The molecule has 0 amide bonds. The fourth-order valence-electron chi connectivity index (χ4n) is 4.79. The Kier molecular flexibility index (Phi) is 5.38. The second-order valence-corrected chi connectivity index (χ2v) is 9.02. The lowest BCUT2D eigenvalue weighted by molar-refractivity contribution is -0.150. The van der Waals surface area contributed by atoms with Gasteiger partial charge in [-0.3, -0.25) is 4.79 Å². The van der Waals surface area contributed by atoms with Crippen LogP contribution >= 0.6 is 11.8 Å². The minimum atomic E-state index is -0.260. The number of aliphatic imine (C=N–C) groups is 1. The van der Waals surface area contributed by atoms with E-state index in [1.54, 1.807) is 11.8 Å². The summed E-state index contributed by atoms with van der Waals surface area (Å²) in [4.78, 5) is 18.7. The Hall–Kier alpha value is -2.53. The molecule has 2 aromatic carbocycles. The first-order chi connectivity index (χ1) is 14.7. The summed E-state index contributed by atoms with van der Waals surface area (Å²) < 4.78 is 12.1. The van der Waals surface area contributed by atoms with E-state index in [2.05, 4.69) is 18.2 Å². The quantitative estimate of drug-likeness (QED) is 0.373. The van der Waals surface area contributed by atoms with E-state index in [1.165, 1.54) is 0 Å². The Morgan fingerprint density at radius 3 is 2.63 bits per heavy atom. The normalized spacial score (nSPS) is 29.0. The number of carbonyl (C=O) groups excluding carboxylic acids is 1. The molecule has 5 heteroatoms. The average Bonchev–Trinajstić information content (AvgIpc) is 3.54. The van der Waals surface area contributed by atoms with Crippen LogP contribution in [0.5, 0.6) is 0 Å². The molecular weight excluding hydrogens is 394 g/mol. The van der Waals surface area contributed by atoms with Crippen LogP contribution in [-0.4, -0.2) is 30.8 Å². The molecule has 1 aliphatic heterocycles. The van der Waals surface area contributed by atoms with Gasteiger partial charge in [0.2, 0.25) is 5.90 Å². The lowest BCUT2D eigenvalue weighted by Gasteiger charge is -2.21. The number of rotatable bonds is 6. The third-order valence-electron chi connectivity index (χ3n) is 6.31. The maximum absolute atomic E-state index is 12.7. The lowest BCUT2D eigenvalue weighted by Crippen LogP contribution is -2.27. The Morgan fingerprint density at radius 2 is 1.90 bits per heavy atom. The number of carbonyl (C=O) groups is 1. The Balaban J connectivity index is 1.36. The number of ether oxygens (including phenoxy) is 2. The number of thioether (sulfide) groups is 1. The average molecular weight is 420 g/mol. The van der Waals surface area contributed by atoms with Crippen molar-refractivity contribution in [1.82, 2.24) is 0 Å². The maximum atomic E-state index is 12.7. The molecule has 2 aliphatic carbocycles. The van der Waals surface area contributed by atoms with Crippen LogP contribution in [0.3, 0.4) is 0 Å². The van der Waals surface area contributed by atoms with Crippen molar-refractivity contribution in [2.75, 3.05) is 12.9 Å². The van der Waals surface area contributed by atoms with Crippen molar-refractivity contribution in [1.29, 1.82) is 0 Å². The maximum Gasteiger partial charge on any atom is 0.309 e. The highest BCUT2D eigenvalue weighted by atomic mass is 32.2. The van der Waals surface area contributed by atoms with Gasteiger partial charge in [0.15, 0.2) is 6.10 Å². The van der Waals surface area contributed by atoms with Crippen LogP contribution in [-0.2, 0) is 14.3 Å². The Morgan fingerprint density at radius 1 is 1.10 bits per heavy atom. The van der Waals surface area contributed by atoms with Crippen LogP contribution in [0.1, 0.15) is 30.1 Å². The van der Waals surface area contributed by atoms with Gasteiger partial charge in [-0.2, -0.15) is 0 Å². The van der Waals surface area contributed by atoms with Gasteiger partial charge in [-0.1, -0.05) is 54.6 Å². The van der Waals surface area contributed by atoms with Crippen LogP contribution in [0.4, 0.5) is 0 Å². The topological polar surface area (TPSA) is 47.9 Å². The van der Waals surface area contributed by atoms with Crippen molar-refractivity contribution in [2.45, 2.75) is 29.9 Å². The predicted molar refractivity (Wildman–Crippen MR) is 119 cm³/mol. The zero-order valence-electron chi connectivity index (χ0n) is 16.9. The predicted octanol–water partition coefficient (Wildman–Crippen LogP) is 5.05. The van der Waals surface area contributed by atoms with E-state index >= 15 is 0 Å². The van der Waals surface area contributed by atoms with Crippen LogP contribution in [0.2, 0.25) is 0 Å². The van der Waals surface area contributed by atoms with Gasteiger partial charge in [0.05, 0.1) is 5.92 Å². The Bertz CT molecular complexity index is 987. The smallest absolute Gasteiger partial charge is 0.309 e. The number of allylic oxidation sites excluding steroid dienone is 2. The Labute approximate surface area is 181 Å². The molecule has 30 heavy (non-hydrogen) atoms. The third-order valence-corrected chi connectivity index (χ3v) is 7.11. The summed E-state index contributed by atoms with van der Waals surface area (Å²) in [5.41, 5.74) is 2.03. The zero-order valence-corrected chi connectivity index (χ0v) is 17.8. The molecule has 154 valence electrons. The molecule has 1 saturated carbocycles. The number of esters is 1. The van der Waals surface area contributed by atoms with Gasteiger partial charge in [-0.05, 0) is 48.6 Å². The number of fused-ring (bicyclic) bond motifs is 2. The molecule has 0 spiro atoms. The first-order valence-electron chi connectivity index (χ1n) is 10.5. The fraction of sp³-hybridized carbons (Fsp3) is 0.360. The summed E-state index contributed by atoms with van der Waals surface area (Å²) in [6, 6.07) is 17.9. The van der Waals surface area contributed by atoms with E-state index in [-0.39, 0.29) is 30.6 Å². The van der Waals surface area contributed by atoms with Crippen LogP contribution in [0.15, 0.2) is 76.6 Å². The molecule has 5 rings (SSSR count). The number of hydrogen-bond donors (Lipinski definition) is 0. The van der Waals surface area contributed by atoms with E-state index in [1.807, 2.05) is 54.8 Å².